The Balaban J connectivity index is 2.70. The number of rotatable bonds is 1. The van der Waals surface area contributed by atoms with E-state index in [9.17, 15) is 9.90 Å². The second-order valence-electron chi connectivity index (χ2n) is 3.98. The van der Waals surface area contributed by atoms with E-state index in [0.29, 0.717) is 6.54 Å². The molecule has 1 rings (SSSR count). The third kappa shape index (κ3) is 2.12. The molecule has 1 aliphatic rings. The number of hydrogen-bond donors (Lipinski definition) is 1. The van der Waals surface area contributed by atoms with Gasteiger partial charge in [-0.3, -0.25) is 0 Å². The highest BCUT2D eigenvalue weighted by molar-refractivity contribution is 5.68. The van der Waals surface area contributed by atoms with E-state index in [-0.39, 0.29) is 12.1 Å². The standard InChI is InChI=1S/C9H17NO3/c1-9(2,12)7-5-4-6-10(7)8(11)13-3/h7,12H,4-6H2,1-3H3. The Bertz CT molecular complexity index is 198. The molecular formula is C9H17NO3. The van der Waals surface area contributed by atoms with Crippen molar-refractivity contribution in [3.63, 3.8) is 0 Å². The van der Waals surface area contributed by atoms with Crippen LogP contribution in [-0.2, 0) is 4.74 Å². The van der Waals surface area contributed by atoms with Gasteiger partial charge in [0.2, 0.25) is 0 Å². The summed E-state index contributed by atoms with van der Waals surface area (Å²) in [7, 11) is 1.36. The highest BCUT2D eigenvalue weighted by atomic mass is 16.5. The summed E-state index contributed by atoms with van der Waals surface area (Å²) >= 11 is 0. The fourth-order valence-electron chi connectivity index (χ4n) is 1.84. The number of methoxy groups -OCH3 is 1. The van der Waals surface area contributed by atoms with Crippen LogP contribution in [0.25, 0.3) is 0 Å². The Kier molecular flexibility index (Phi) is 2.81. The molecule has 0 aromatic rings. The largest absolute Gasteiger partial charge is 0.453 e. The minimum atomic E-state index is -0.843. The minimum Gasteiger partial charge on any atom is -0.453 e. The van der Waals surface area contributed by atoms with Crippen molar-refractivity contribution in [2.75, 3.05) is 13.7 Å². The molecule has 1 atom stereocenters. The van der Waals surface area contributed by atoms with Crippen LogP contribution in [0.1, 0.15) is 26.7 Å². The molecule has 1 aliphatic heterocycles. The highest BCUT2D eigenvalue weighted by Gasteiger charge is 2.38. The fraction of sp³-hybridized carbons (Fsp3) is 0.889. The molecule has 1 heterocycles. The fourth-order valence-corrected chi connectivity index (χ4v) is 1.84. The van der Waals surface area contributed by atoms with Gasteiger partial charge in [-0.2, -0.15) is 0 Å². The van der Waals surface area contributed by atoms with Crippen molar-refractivity contribution in [2.45, 2.75) is 38.3 Å². The second-order valence-corrected chi connectivity index (χ2v) is 3.98. The number of ether oxygens (including phenoxy) is 1. The molecule has 1 fully saturated rings. The molecule has 0 saturated carbocycles. The van der Waals surface area contributed by atoms with E-state index < -0.39 is 5.60 Å². The Morgan fingerprint density at radius 3 is 2.69 bits per heavy atom. The van der Waals surface area contributed by atoms with Gasteiger partial charge in [0.15, 0.2) is 0 Å². The van der Waals surface area contributed by atoms with Crippen molar-refractivity contribution < 1.29 is 14.6 Å². The summed E-state index contributed by atoms with van der Waals surface area (Å²) in [5.74, 6) is 0. The number of carbonyl (C=O) groups excluding carboxylic acids is 1. The lowest BCUT2D eigenvalue weighted by Crippen LogP contribution is -2.48. The number of hydrogen-bond acceptors (Lipinski definition) is 3. The van der Waals surface area contributed by atoms with Crippen molar-refractivity contribution >= 4 is 6.09 Å². The average molecular weight is 187 g/mol. The molecule has 0 aliphatic carbocycles. The number of amides is 1. The molecule has 0 radical (unpaired) electrons. The highest BCUT2D eigenvalue weighted by Crippen LogP contribution is 2.26. The SMILES string of the molecule is COC(=O)N1CCCC1C(C)(C)O. The molecule has 76 valence electrons. The van der Waals surface area contributed by atoms with E-state index in [0.717, 1.165) is 12.8 Å². The van der Waals surface area contributed by atoms with Crippen molar-refractivity contribution in [2.24, 2.45) is 0 Å². The third-order valence-corrected chi connectivity index (χ3v) is 2.48. The van der Waals surface area contributed by atoms with Gasteiger partial charge in [-0.15, -0.1) is 0 Å². The third-order valence-electron chi connectivity index (χ3n) is 2.48. The quantitative estimate of drug-likeness (QED) is 0.666. The second kappa shape index (κ2) is 3.54. The van der Waals surface area contributed by atoms with Crippen LogP contribution in [0.4, 0.5) is 4.79 Å². The van der Waals surface area contributed by atoms with Gasteiger partial charge in [0.05, 0.1) is 18.8 Å². The van der Waals surface area contributed by atoms with Gasteiger partial charge in [0, 0.05) is 6.54 Å². The number of aliphatic hydroxyl groups is 1. The van der Waals surface area contributed by atoms with Gasteiger partial charge < -0.3 is 14.7 Å². The van der Waals surface area contributed by atoms with Crippen molar-refractivity contribution in [3.8, 4) is 0 Å². The van der Waals surface area contributed by atoms with E-state index in [1.807, 2.05) is 0 Å². The van der Waals surface area contributed by atoms with Crippen molar-refractivity contribution in [3.05, 3.63) is 0 Å². The van der Waals surface area contributed by atoms with Crippen LogP contribution in [0, 0.1) is 0 Å². The van der Waals surface area contributed by atoms with Gasteiger partial charge in [-0.1, -0.05) is 0 Å². The first-order valence-corrected chi connectivity index (χ1v) is 4.54. The zero-order valence-electron chi connectivity index (χ0n) is 8.41. The molecule has 0 aromatic carbocycles. The molecule has 1 saturated heterocycles. The molecule has 4 heteroatoms. The van der Waals surface area contributed by atoms with Gasteiger partial charge in [-0.25, -0.2) is 4.79 Å². The van der Waals surface area contributed by atoms with E-state index in [1.54, 1.807) is 18.7 Å². The summed E-state index contributed by atoms with van der Waals surface area (Å²) in [4.78, 5) is 12.9. The van der Waals surface area contributed by atoms with E-state index in [2.05, 4.69) is 4.74 Å². The Labute approximate surface area is 78.5 Å². The molecule has 0 aromatic heterocycles. The van der Waals surface area contributed by atoms with Gasteiger partial charge in [-0.05, 0) is 26.7 Å². The lowest BCUT2D eigenvalue weighted by atomic mass is 9.97. The van der Waals surface area contributed by atoms with Crippen molar-refractivity contribution in [1.29, 1.82) is 0 Å². The van der Waals surface area contributed by atoms with Crippen LogP contribution in [0.3, 0.4) is 0 Å². The number of likely N-dealkylation sites (tertiary alicyclic amines) is 1. The lowest BCUT2D eigenvalue weighted by molar-refractivity contribution is -0.00111. The van der Waals surface area contributed by atoms with Crippen LogP contribution in [0.2, 0.25) is 0 Å². The summed E-state index contributed by atoms with van der Waals surface area (Å²) in [6.07, 6.45) is 1.44. The van der Waals surface area contributed by atoms with E-state index >= 15 is 0 Å². The number of carbonyl (C=O) groups is 1. The first-order valence-electron chi connectivity index (χ1n) is 4.54. The van der Waals surface area contributed by atoms with Crippen LogP contribution < -0.4 is 0 Å². The maximum Gasteiger partial charge on any atom is 0.409 e. The normalized spacial score (nSPS) is 23.4. The average Bonchev–Trinajstić information content (AvgIpc) is 2.49. The Hall–Kier alpha value is -0.770. The first kappa shape index (κ1) is 10.3. The lowest BCUT2D eigenvalue weighted by Gasteiger charge is -2.32. The summed E-state index contributed by atoms with van der Waals surface area (Å²) in [6, 6.07) is -0.111. The predicted molar refractivity (Wildman–Crippen MR) is 48.4 cm³/mol. The van der Waals surface area contributed by atoms with Gasteiger partial charge in [0.25, 0.3) is 0 Å². The smallest absolute Gasteiger partial charge is 0.409 e. The maximum absolute atomic E-state index is 11.3. The van der Waals surface area contributed by atoms with E-state index in [4.69, 9.17) is 0 Å². The maximum atomic E-state index is 11.3. The summed E-state index contributed by atoms with van der Waals surface area (Å²) in [6.45, 7) is 4.12. The van der Waals surface area contributed by atoms with Gasteiger partial charge in [0.1, 0.15) is 0 Å². The van der Waals surface area contributed by atoms with Crippen molar-refractivity contribution in [1.82, 2.24) is 4.90 Å². The zero-order chi connectivity index (χ0) is 10.1. The van der Waals surface area contributed by atoms with Crippen LogP contribution in [0.15, 0.2) is 0 Å². The molecule has 1 amide bonds. The Morgan fingerprint density at radius 1 is 1.62 bits per heavy atom. The number of nitrogens with zero attached hydrogens (tertiary/aromatic N) is 1. The monoisotopic (exact) mass is 187 g/mol. The van der Waals surface area contributed by atoms with Crippen LogP contribution in [0.5, 0.6) is 0 Å². The first-order chi connectivity index (χ1) is 5.96. The Morgan fingerprint density at radius 2 is 2.23 bits per heavy atom. The van der Waals surface area contributed by atoms with Crippen LogP contribution >= 0.6 is 0 Å². The molecule has 4 nitrogen and oxygen atoms in total. The summed E-state index contributed by atoms with van der Waals surface area (Å²) < 4.78 is 4.64. The molecule has 0 bridgehead atoms. The minimum absolute atomic E-state index is 0.111. The molecular weight excluding hydrogens is 170 g/mol. The molecule has 1 unspecified atom stereocenters. The van der Waals surface area contributed by atoms with Gasteiger partial charge >= 0.3 is 6.09 Å². The molecule has 0 spiro atoms. The predicted octanol–water partition coefficient (Wildman–Crippen LogP) is 0.988. The summed E-state index contributed by atoms with van der Waals surface area (Å²) in [5.41, 5.74) is -0.843. The topological polar surface area (TPSA) is 49.8 Å². The molecule has 13 heavy (non-hydrogen) atoms. The van der Waals surface area contributed by atoms with Crippen LogP contribution in [-0.4, -0.2) is 41.4 Å². The summed E-state index contributed by atoms with van der Waals surface area (Å²) in [5, 5.41) is 9.78. The zero-order valence-corrected chi connectivity index (χ0v) is 8.41. The van der Waals surface area contributed by atoms with E-state index in [1.165, 1.54) is 7.11 Å². The molecule has 1 N–H and O–H groups in total.